The molecule has 1 amide bonds. The zero-order valence-corrected chi connectivity index (χ0v) is 13.9. The molecule has 4 nitrogen and oxygen atoms in total. The average molecular weight is 352 g/mol. The molecule has 0 bridgehead atoms. The second-order valence-electron chi connectivity index (χ2n) is 4.89. The molecule has 2 aromatic rings. The molecule has 120 valence electrons. The molecule has 0 aliphatic carbocycles. The summed E-state index contributed by atoms with van der Waals surface area (Å²) in [6.07, 6.45) is 0.0170. The Morgan fingerprint density at radius 2 is 1.74 bits per heavy atom. The monoisotopic (exact) mass is 351 g/mol. The lowest BCUT2D eigenvalue weighted by molar-refractivity contribution is -0.146. The summed E-state index contributed by atoms with van der Waals surface area (Å²) >= 11 is 12.0. The highest BCUT2D eigenvalue weighted by molar-refractivity contribution is 6.32. The molecule has 0 saturated carbocycles. The van der Waals surface area contributed by atoms with Gasteiger partial charge in [0.15, 0.2) is 6.61 Å². The first kappa shape index (κ1) is 17.3. The van der Waals surface area contributed by atoms with Gasteiger partial charge >= 0.3 is 5.97 Å². The van der Waals surface area contributed by atoms with Crippen molar-refractivity contribution in [3.05, 3.63) is 63.6 Å². The Kier molecular flexibility index (Phi) is 6.02. The molecule has 2 rings (SSSR count). The molecule has 2 aromatic carbocycles. The Hall–Kier alpha value is -2.04. The minimum Gasteiger partial charge on any atom is -0.455 e. The molecule has 0 radical (unpaired) electrons. The molecule has 6 heteroatoms. The minimum absolute atomic E-state index is 0.0170. The number of hydrogen-bond donors (Lipinski definition) is 1. The summed E-state index contributed by atoms with van der Waals surface area (Å²) in [6.45, 7) is 1.43. The van der Waals surface area contributed by atoms with E-state index in [1.807, 2.05) is 0 Å². The predicted molar refractivity (Wildman–Crippen MR) is 90.9 cm³/mol. The fourth-order valence-electron chi connectivity index (χ4n) is 1.92. The SMILES string of the molecule is Cc1c(Cl)cccc1NC(=O)COC(=O)Cc1ccccc1Cl. The number of carbonyl (C=O) groups excluding carboxylic acids is 2. The number of halogens is 2. The molecule has 0 aromatic heterocycles. The molecule has 0 aliphatic heterocycles. The summed E-state index contributed by atoms with van der Waals surface area (Å²) in [6, 6.07) is 12.2. The maximum atomic E-state index is 11.8. The van der Waals surface area contributed by atoms with Gasteiger partial charge < -0.3 is 10.1 Å². The predicted octanol–water partition coefficient (Wildman–Crippen LogP) is 4.03. The van der Waals surface area contributed by atoms with E-state index in [9.17, 15) is 9.59 Å². The highest BCUT2D eigenvalue weighted by atomic mass is 35.5. The van der Waals surface area contributed by atoms with Crippen molar-refractivity contribution in [2.24, 2.45) is 0 Å². The van der Waals surface area contributed by atoms with Crippen LogP contribution in [-0.4, -0.2) is 18.5 Å². The maximum Gasteiger partial charge on any atom is 0.310 e. The number of ether oxygens (including phenoxy) is 1. The molecule has 0 fully saturated rings. The van der Waals surface area contributed by atoms with Crippen LogP contribution in [0.3, 0.4) is 0 Å². The first-order valence-electron chi connectivity index (χ1n) is 6.91. The number of nitrogens with one attached hydrogen (secondary N) is 1. The van der Waals surface area contributed by atoms with Crippen molar-refractivity contribution in [3.63, 3.8) is 0 Å². The molecule has 23 heavy (non-hydrogen) atoms. The molecule has 0 aliphatic rings. The Bertz CT molecular complexity index is 732. The van der Waals surface area contributed by atoms with Gasteiger partial charge in [0.2, 0.25) is 0 Å². The van der Waals surface area contributed by atoms with Gasteiger partial charge in [-0.15, -0.1) is 0 Å². The molecule has 0 saturated heterocycles. The van der Waals surface area contributed by atoms with Crippen LogP contribution >= 0.6 is 23.2 Å². The van der Waals surface area contributed by atoms with Gasteiger partial charge in [-0.05, 0) is 36.2 Å². The van der Waals surface area contributed by atoms with Crippen LogP contribution in [0.25, 0.3) is 0 Å². The second kappa shape index (κ2) is 7.99. The standard InChI is InChI=1S/C17H15Cl2NO3/c1-11-13(18)7-4-8-15(11)20-16(21)10-23-17(22)9-12-5-2-3-6-14(12)19/h2-8H,9-10H2,1H3,(H,20,21). The first-order chi connectivity index (χ1) is 11.0. The van der Waals surface area contributed by atoms with Gasteiger partial charge in [-0.1, -0.05) is 47.5 Å². The largest absolute Gasteiger partial charge is 0.455 e. The van der Waals surface area contributed by atoms with E-state index in [-0.39, 0.29) is 13.0 Å². The van der Waals surface area contributed by atoms with Gasteiger partial charge in [-0.25, -0.2) is 0 Å². The molecule has 0 atom stereocenters. The minimum atomic E-state index is -0.518. The van der Waals surface area contributed by atoms with Crippen LogP contribution in [-0.2, 0) is 20.7 Å². The number of anilines is 1. The normalized spacial score (nSPS) is 10.2. The smallest absolute Gasteiger partial charge is 0.310 e. The Balaban J connectivity index is 1.86. The van der Waals surface area contributed by atoms with E-state index in [2.05, 4.69) is 5.32 Å². The summed E-state index contributed by atoms with van der Waals surface area (Å²) in [5.74, 6) is -0.945. The number of esters is 1. The van der Waals surface area contributed by atoms with Crippen molar-refractivity contribution in [2.45, 2.75) is 13.3 Å². The van der Waals surface area contributed by atoms with E-state index in [1.165, 1.54) is 0 Å². The number of hydrogen-bond acceptors (Lipinski definition) is 3. The van der Waals surface area contributed by atoms with E-state index in [0.717, 1.165) is 5.56 Å². The van der Waals surface area contributed by atoms with E-state index < -0.39 is 11.9 Å². The fraction of sp³-hybridized carbons (Fsp3) is 0.176. The zero-order chi connectivity index (χ0) is 16.8. The molecule has 0 spiro atoms. The number of benzene rings is 2. The third-order valence-corrected chi connectivity index (χ3v) is 3.98. The lowest BCUT2D eigenvalue weighted by Gasteiger charge is -2.10. The summed E-state index contributed by atoms with van der Waals surface area (Å²) in [5, 5.41) is 3.70. The van der Waals surface area contributed by atoms with Crippen molar-refractivity contribution >= 4 is 40.8 Å². The Labute approximate surface area is 144 Å². The van der Waals surface area contributed by atoms with Crippen LogP contribution in [0.2, 0.25) is 10.0 Å². The van der Waals surface area contributed by atoms with Crippen molar-refractivity contribution in [3.8, 4) is 0 Å². The molecule has 0 unspecified atom stereocenters. The molecular weight excluding hydrogens is 337 g/mol. The number of amides is 1. The highest BCUT2D eigenvalue weighted by Gasteiger charge is 2.12. The lowest BCUT2D eigenvalue weighted by Crippen LogP contribution is -2.22. The van der Waals surface area contributed by atoms with Gasteiger partial charge in [0.1, 0.15) is 0 Å². The van der Waals surface area contributed by atoms with Gasteiger partial charge in [-0.2, -0.15) is 0 Å². The summed E-state index contributed by atoms with van der Waals surface area (Å²) in [5.41, 5.74) is 2.00. The quantitative estimate of drug-likeness (QED) is 0.827. The third kappa shape index (κ3) is 4.98. The van der Waals surface area contributed by atoms with Gasteiger partial charge in [0.25, 0.3) is 5.91 Å². The summed E-state index contributed by atoms with van der Waals surface area (Å²) < 4.78 is 4.96. The van der Waals surface area contributed by atoms with Crippen molar-refractivity contribution < 1.29 is 14.3 Å². The van der Waals surface area contributed by atoms with Crippen LogP contribution in [0.15, 0.2) is 42.5 Å². The summed E-state index contributed by atoms with van der Waals surface area (Å²) in [7, 11) is 0. The Morgan fingerprint density at radius 3 is 2.48 bits per heavy atom. The van der Waals surface area contributed by atoms with E-state index in [1.54, 1.807) is 49.4 Å². The van der Waals surface area contributed by atoms with Crippen LogP contribution in [0.1, 0.15) is 11.1 Å². The van der Waals surface area contributed by atoms with E-state index in [4.69, 9.17) is 27.9 Å². The van der Waals surface area contributed by atoms with Crippen molar-refractivity contribution in [1.29, 1.82) is 0 Å². The molecular formula is C17H15Cl2NO3. The lowest BCUT2D eigenvalue weighted by atomic mass is 10.1. The van der Waals surface area contributed by atoms with Crippen LogP contribution in [0, 0.1) is 6.92 Å². The maximum absolute atomic E-state index is 11.8. The van der Waals surface area contributed by atoms with Crippen LogP contribution in [0.5, 0.6) is 0 Å². The number of rotatable bonds is 5. The molecule has 1 N–H and O–H groups in total. The van der Waals surface area contributed by atoms with Gasteiger partial charge in [-0.3, -0.25) is 9.59 Å². The highest BCUT2D eigenvalue weighted by Crippen LogP contribution is 2.22. The van der Waals surface area contributed by atoms with Crippen LogP contribution in [0.4, 0.5) is 5.69 Å². The second-order valence-corrected chi connectivity index (χ2v) is 5.70. The zero-order valence-electron chi connectivity index (χ0n) is 12.4. The third-order valence-electron chi connectivity index (χ3n) is 3.20. The Morgan fingerprint density at radius 1 is 1.04 bits per heavy atom. The topological polar surface area (TPSA) is 55.4 Å². The average Bonchev–Trinajstić information content (AvgIpc) is 2.52. The van der Waals surface area contributed by atoms with E-state index in [0.29, 0.717) is 21.3 Å². The number of carbonyl (C=O) groups is 2. The van der Waals surface area contributed by atoms with Gasteiger partial charge in [0.05, 0.1) is 6.42 Å². The fourth-order valence-corrected chi connectivity index (χ4v) is 2.30. The molecule has 0 heterocycles. The van der Waals surface area contributed by atoms with E-state index >= 15 is 0 Å². The van der Waals surface area contributed by atoms with Gasteiger partial charge in [0, 0.05) is 15.7 Å². The van der Waals surface area contributed by atoms with Crippen molar-refractivity contribution in [1.82, 2.24) is 0 Å². The van der Waals surface area contributed by atoms with Crippen LogP contribution < -0.4 is 5.32 Å². The first-order valence-corrected chi connectivity index (χ1v) is 7.67. The van der Waals surface area contributed by atoms with Crippen molar-refractivity contribution in [2.75, 3.05) is 11.9 Å². The summed E-state index contributed by atoms with van der Waals surface area (Å²) in [4.78, 5) is 23.6.